The fraction of sp³-hybridized carbons (Fsp3) is 0.512. The molecule has 5 aromatic rings. The number of anilines is 1. The highest BCUT2D eigenvalue weighted by Gasteiger charge is 2.46. The molecule has 2 unspecified atom stereocenters. The predicted octanol–water partition coefficient (Wildman–Crippen LogP) is 9.19. The van der Waals surface area contributed by atoms with E-state index in [0.29, 0.717) is 31.1 Å². The maximum atomic E-state index is 15.5. The molecule has 3 aliphatic heterocycles. The standard InChI is InChI=1S/C43H51F2N7O6/c1-26(35-30(44)22-47-38-36(35)31(45)23-51(38)40(54)58-42(5,6)7)56-28-12-13-32-29(20-28)37(48-52(32)34-10-8-9-19-55-34)27-11-14-33(46-21-27)50-24-43(25-50)15-17-49(18-16-43)39(53)57-41(2,3)4/h11-14,20-23,26,34H,8-10,15-19,24-25H2,1-7H3. The number of hydrogen-bond acceptors (Lipinski definition) is 10. The third-order valence-electron chi connectivity index (χ3n) is 11.0. The lowest BCUT2D eigenvalue weighted by atomic mass is 9.72. The first-order valence-corrected chi connectivity index (χ1v) is 20.1. The Morgan fingerprint density at radius 2 is 1.64 bits per heavy atom. The van der Waals surface area contributed by atoms with Crippen molar-refractivity contribution in [3.63, 3.8) is 0 Å². The molecule has 3 saturated heterocycles. The highest BCUT2D eigenvalue weighted by atomic mass is 19.1. The number of benzene rings is 1. The molecule has 4 aromatic heterocycles. The van der Waals surface area contributed by atoms with Crippen LogP contribution in [0.4, 0.5) is 24.2 Å². The second-order valence-corrected chi connectivity index (χ2v) is 17.8. The van der Waals surface area contributed by atoms with Crippen molar-refractivity contribution >= 4 is 39.9 Å². The van der Waals surface area contributed by atoms with Crippen molar-refractivity contribution in [3.8, 4) is 17.0 Å². The Bertz CT molecular complexity index is 2340. The summed E-state index contributed by atoms with van der Waals surface area (Å²) in [5.74, 6) is -0.303. The largest absolute Gasteiger partial charge is 0.486 e. The number of likely N-dealkylation sites (tertiary alicyclic amines) is 1. The molecule has 3 aliphatic rings. The number of pyridine rings is 2. The molecule has 1 amide bonds. The number of piperidine rings is 1. The van der Waals surface area contributed by atoms with Crippen molar-refractivity contribution in [2.75, 3.05) is 37.7 Å². The number of carbonyl (C=O) groups excluding carboxylic acids is 2. The van der Waals surface area contributed by atoms with Gasteiger partial charge in [0.15, 0.2) is 17.7 Å². The lowest BCUT2D eigenvalue weighted by molar-refractivity contribution is -0.0365. The average Bonchev–Trinajstić information content (AvgIpc) is 3.70. The Kier molecular flexibility index (Phi) is 10.1. The monoisotopic (exact) mass is 799 g/mol. The van der Waals surface area contributed by atoms with E-state index in [1.54, 1.807) is 33.8 Å². The zero-order valence-electron chi connectivity index (χ0n) is 34.2. The van der Waals surface area contributed by atoms with E-state index in [9.17, 15) is 9.59 Å². The van der Waals surface area contributed by atoms with Crippen molar-refractivity contribution in [2.45, 2.75) is 104 Å². The van der Waals surface area contributed by atoms with Crippen LogP contribution in [0, 0.1) is 17.0 Å². The first-order chi connectivity index (χ1) is 27.5. The molecule has 2 atom stereocenters. The summed E-state index contributed by atoms with van der Waals surface area (Å²) in [5.41, 5.74) is 0.994. The van der Waals surface area contributed by atoms with Crippen molar-refractivity contribution in [1.29, 1.82) is 0 Å². The van der Waals surface area contributed by atoms with Crippen LogP contribution in [0.2, 0.25) is 0 Å². The van der Waals surface area contributed by atoms with Gasteiger partial charge in [-0.15, -0.1) is 0 Å². The fourth-order valence-corrected chi connectivity index (χ4v) is 8.25. The first kappa shape index (κ1) is 39.5. The highest BCUT2D eigenvalue weighted by molar-refractivity contribution is 5.94. The molecule has 1 spiro atoms. The van der Waals surface area contributed by atoms with Crippen LogP contribution in [-0.4, -0.2) is 85.4 Å². The number of fused-ring (bicyclic) bond motifs is 2. The molecule has 8 rings (SSSR count). The molecule has 0 radical (unpaired) electrons. The third-order valence-corrected chi connectivity index (χ3v) is 11.0. The number of ether oxygens (including phenoxy) is 4. The first-order valence-electron chi connectivity index (χ1n) is 20.1. The van der Waals surface area contributed by atoms with E-state index >= 15 is 8.78 Å². The minimum atomic E-state index is -0.975. The molecule has 1 aromatic carbocycles. The van der Waals surface area contributed by atoms with Gasteiger partial charge in [0.05, 0.1) is 23.3 Å². The molecule has 7 heterocycles. The molecular weight excluding hydrogens is 749 g/mol. The third kappa shape index (κ3) is 7.80. The van der Waals surface area contributed by atoms with Gasteiger partial charge >= 0.3 is 12.2 Å². The second-order valence-electron chi connectivity index (χ2n) is 17.8. The van der Waals surface area contributed by atoms with Gasteiger partial charge in [-0.3, -0.25) is 0 Å². The zero-order valence-corrected chi connectivity index (χ0v) is 34.2. The SMILES string of the molecule is CC(Oc1ccc2c(c1)c(-c1ccc(N3CC4(CCN(C(=O)OC(C)(C)C)CC4)C3)nc1)nn2C1CCCCO1)c1c(F)cnc2c1c(F)cn2C(=O)OC(C)(C)C. The molecular formula is C43H51F2N7O6. The van der Waals surface area contributed by atoms with Gasteiger partial charge in [0, 0.05) is 60.9 Å². The van der Waals surface area contributed by atoms with Crippen molar-refractivity contribution < 1.29 is 37.3 Å². The van der Waals surface area contributed by atoms with Crippen LogP contribution in [0.25, 0.3) is 33.2 Å². The predicted molar refractivity (Wildman–Crippen MR) is 214 cm³/mol. The van der Waals surface area contributed by atoms with Crippen molar-refractivity contribution in [1.82, 2.24) is 29.2 Å². The number of carbonyl (C=O) groups is 2. The fourth-order valence-electron chi connectivity index (χ4n) is 8.25. The molecule has 15 heteroatoms. The smallest absolute Gasteiger partial charge is 0.420 e. The topological polar surface area (TPSA) is 126 Å². The minimum Gasteiger partial charge on any atom is -0.486 e. The summed E-state index contributed by atoms with van der Waals surface area (Å²) in [6.07, 6.45) is 6.12. The molecule has 3 fully saturated rings. The molecule has 308 valence electrons. The number of nitrogens with zero attached hydrogens (tertiary/aromatic N) is 7. The Morgan fingerprint density at radius 1 is 0.914 bits per heavy atom. The number of rotatable bonds is 6. The summed E-state index contributed by atoms with van der Waals surface area (Å²) < 4.78 is 57.4. The van der Waals surface area contributed by atoms with Crippen LogP contribution in [-0.2, 0) is 14.2 Å². The summed E-state index contributed by atoms with van der Waals surface area (Å²) in [7, 11) is 0. The summed E-state index contributed by atoms with van der Waals surface area (Å²) >= 11 is 0. The number of aromatic nitrogens is 5. The molecule has 0 bridgehead atoms. The highest BCUT2D eigenvalue weighted by Crippen LogP contribution is 2.43. The summed E-state index contributed by atoms with van der Waals surface area (Å²) in [6.45, 7) is 16.1. The van der Waals surface area contributed by atoms with Gasteiger partial charge in [0.2, 0.25) is 0 Å². The lowest BCUT2D eigenvalue weighted by Gasteiger charge is -2.54. The van der Waals surface area contributed by atoms with Crippen LogP contribution in [0.15, 0.2) is 48.9 Å². The quantitative estimate of drug-likeness (QED) is 0.164. The maximum Gasteiger partial charge on any atom is 0.420 e. The van der Waals surface area contributed by atoms with Gasteiger partial charge in [-0.2, -0.15) is 5.10 Å². The Labute approximate surface area is 336 Å². The van der Waals surface area contributed by atoms with Crippen molar-refractivity contribution in [3.05, 3.63) is 66.1 Å². The van der Waals surface area contributed by atoms with Crippen LogP contribution in [0.5, 0.6) is 5.75 Å². The van der Waals surface area contributed by atoms with E-state index in [1.807, 2.05) is 60.8 Å². The normalized spacial score (nSPS) is 19.0. The van der Waals surface area contributed by atoms with Gasteiger partial charge < -0.3 is 28.7 Å². The van der Waals surface area contributed by atoms with E-state index in [2.05, 4.69) is 9.88 Å². The van der Waals surface area contributed by atoms with Crippen LogP contribution in [0.1, 0.15) is 98.5 Å². The average molecular weight is 800 g/mol. The Hall–Kier alpha value is -5.31. The number of hydrogen-bond donors (Lipinski definition) is 0. The molecule has 58 heavy (non-hydrogen) atoms. The van der Waals surface area contributed by atoms with Crippen LogP contribution in [0.3, 0.4) is 0 Å². The van der Waals surface area contributed by atoms with E-state index in [1.165, 1.54) is 0 Å². The van der Waals surface area contributed by atoms with Gasteiger partial charge in [-0.05, 0) is 111 Å². The van der Waals surface area contributed by atoms with E-state index in [0.717, 1.165) is 84.4 Å². The Morgan fingerprint density at radius 3 is 2.29 bits per heavy atom. The van der Waals surface area contributed by atoms with Crippen LogP contribution < -0.4 is 9.64 Å². The summed E-state index contributed by atoms with van der Waals surface area (Å²) in [5, 5.41) is 5.70. The minimum absolute atomic E-state index is 0.0713. The van der Waals surface area contributed by atoms with Gasteiger partial charge in [-0.1, -0.05) is 0 Å². The lowest BCUT2D eigenvalue weighted by Crippen LogP contribution is -2.61. The summed E-state index contributed by atoms with van der Waals surface area (Å²) in [6, 6.07) is 9.56. The Balaban J connectivity index is 1.03. The van der Waals surface area contributed by atoms with E-state index in [-0.39, 0.29) is 34.3 Å². The summed E-state index contributed by atoms with van der Waals surface area (Å²) in [4.78, 5) is 38.5. The zero-order chi connectivity index (χ0) is 41.1. The van der Waals surface area contributed by atoms with Crippen molar-refractivity contribution in [2.24, 2.45) is 5.41 Å². The molecule has 13 nitrogen and oxygen atoms in total. The number of halogens is 2. The maximum absolute atomic E-state index is 15.5. The molecule has 0 N–H and O–H groups in total. The van der Waals surface area contributed by atoms with Crippen LogP contribution >= 0.6 is 0 Å². The molecule has 0 aliphatic carbocycles. The van der Waals surface area contributed by atoms with Gasteiger partial charge in [0.1, 0.15) is 40.4 Å². The number of amides is 1. The van der Waals surface area contributed by atoms with E-state index < -0.39 is 35.0 Å². The van der Waals surface area contributed by atoms with Gasteiger partial charge in [-0.25, -0.2) is 37.6 Å². The van der Waals surface area contributed by atoms with E-state index in [4.69, 9.17) is 29.0 Å². The second kappa shape index (κ2) is 14.8. The van der Waals surface area contributed by atoms with Gasteiger partial charge in [0.25, 0.3) is 0 Å². The molecule has 0 saturated carbocycles.